The van der Waals surface area contributed by atoms with Crippen LogP contribution in [-0.4, -0.2) is 144 Å². The average Bonchev–Trinajstić information content (AvgIpc) is 3.56. The molecule has 1 aromatic heterocycles. The Hall–Kier alpha value is -4.89. The molecule has 4 aliphatic rings. The van der Waals surface area contributed by atoms with Crippen molar-refractivity contribution in [2.75, 3.05) is 83.9 Å². The number of unbranched alkanes of at least 4 members (excludes halogenated alkanes) is 4. The number of carbonyl (C=O) groups is 4. The SMILES string of the molecule is Cc1cc(C[C@@H](OC(=O)N2CCC(N3CCc4ccccc4NC3=O)CC2)C(=O)N2CCN(CCCCCCCOC(=O)CCN3CCC(C)CC3)CC2)cc2oc(=O)[nH]c12. The Morgan fingerprint density at radius 1 is 0.820 bits per heavy atom. The summed E-state index contributed by atoms with van der Waals surface area (Å²) in [5.74, 6) is -0.0922. The third kappa shape index (κ3) is 12.2. The minimum atomic E-state index is -1.06. The minimum absolute atomic E-state index is 0.0161. The van der Waals surface area contributed by atoms with Gasteiger partial charge < -0.3 is 38.8 Å². The first-order chi connectivity index (χ1) is 29.6. The van der Waals surface area contributed by atoms with Crippen molar-refractivity contribution in [3.63, 3.8) is 0 Å². The van der Waals surface area contributed by atoms with Gasteiger partial charge in [-0.25, -0.2) is 14.4 Å². The zero-order valence-corrected chi connectivity index (χ0v) is 36.2. The molecule has 0 spiro atoms. The average molecular weight is 844 g/mol. The molecule has 3 fully saturated rings. The van der Waals surface area contributed by atoms with Crippen molar-refractivity contribution in [1.82, 2.24) is 29.5 Å². The van der Waals surface area contributed by atoms with E-state index in [4.69, 9.17) is 13.9 Å². The Morgan fingerprint density at radius 2 is 1.54 bits per heavy atom. The van der Waals surface area contributed by atoms with Crippen LogP contribution in [0.3, 0.4) is 0 Å². The lowest BCUT2D eigenvalue weighted by Crippen LogP contribution is -2.54. The van der Waals surface area contributed by atoms with E-state index in [1.165, 1.54) is 12.8 Å². The van der Waals surface area contributed by atoms with E-state index in [0.717, 1.165) is 106 Å². The van der Waals surface area contributed by atoms with E-state index in [1.54, 1.807) is 15.9 Å². The van der Waals surface area contributed by atoms with Crippen molar-refractivity contribution >= 4 is 40.8 Å². The van der Waals surface area contributed by atoms with E-state index in [9.17, 15) is 24.0 Å². The molecular formula is C46H65N7O8. The highest BCUT2D eigenvalue weighted by atomic mass is 16.6. The van der Waals surface area contributed by atoms with Crippen LogP contribution in [0.15, 0.2) is 45.6 Å². The molecule has 7 rings (SSSR count). The van der Waals surface area contributed by atoms with Crippen LogP contribution >= 0.6 is 0 Å². The number of esters is 1. The van der Waals surface area contributed by atoms with Crippen molar-refractivity contribution in [2.24, 2.45) is 5.92 Å². The second kappa shape index (κ2) is 21.3. The maximum atomic E-state index is 14.2. The van der Waals surface area contributed by atoms with Crippen LogP contribution in [0.1, 0.15) is 87.8 Å². The number of aromatic nitrogens is 1. The number of anilines is 1. The molecule has 332 valence electrons. The standard InChI is InChI=1S/C46H65N7O8/c1-33-12-19-50(20-13-33)21-17-41(54)59-29-9-5-3-4-8-18-49-25-27-51(28-26-49)43(55)40(32-35-30-34(2)42-39(31-35)60-45(57)48-42)61-46(58)52-22-15-37(16-23-52)53-24-14-36-10-6-7-11-38(36)47-44(53)56/h6-7,10-11,30-31,33,37,40H,3-5,8-9,12-29,32H2,1-2H3,(H,47,56)(H,48,57)/t40-/m1/s1. The third-order valence-electron chi connectivity index (χ3n) is 13.1. The largest absolute Gasteiger partial charge is 0.466 e. The number of piperazine rings is 1. The highest BCUT2D eigenvalue weighted by molar-refractivity contribution is 5.91. The van der Waals surface area contributed by atoms with E-state index in [-0.39, 0.29) is 30.4 Å². The van der Waals surface area contributed by atoms with Gasteiger partial charge in [0.25, 0.3) is 5.91 Å². The summed E-state index contributed by atoms with van der Waals surface area (Å²) in [6.45, 7) is 12.5. The number of urea groups is 1. The molecule has 0 saturated carbocycles. The van der Waals surface area contributed by atoms with Gasteiger partial charge in [-0.1, -0.05) is 50.5 Å². The van der Waals surface area contributed by atoms with E-state index in [1.807, 2.05) is 42.2 Å². The van der Waals surface area contributed by atoms with Crippen LogP contribution in [0.2, 0.25) is 0 Å². The van der Waals surface area contributed by atoms with Gasteiger partial charge in [0.15, 0.2) is 11.7 Å². The quantitative estimate of drug-likeness (QED) is 0.134. The topological polar surface area (TPSA) is 161 Å². The number of aromatic amines is 1. The summed E-state index contributed by atoms with van der Waals surface area (Å²) in [5.41, 5.74) is 4.47. The molecule has 0 aliphatic carbocycles. The number of amides is 4. The zero-order chi connectivity index (χ0) is 42.7. The van der Waals surface area contributed by atoms with Gasteiger partial charge >= 0.3 is 23.8 Å². The Labute approximate surface area is 359 Å². The summed E-state index contributed by atoms with van der Waals surface area (Å²) < 4.78 is 16.9. The number of likely N-dealkylation sites (tertiary alicyclic amines) is 2. The number of hydrogen-bond donors (Lipinski definition) is 2. The lowest BCUT2D eigenvalue weighted by atomic mass is 9.99. The van der Waals surface area contributed by atoms with Gasteiger partial charge in [-0.2, -0.15) is 0 Å². The Kier molecular flexibility index (Phi) is 15.4. The number of carbonyl (C=O) groups excluding carboxylic acids is 4. The van der Waals surface area contributed by atoms with Crippen LogP contribution in [0.25, 0.3) is 11.1 Å². The summed E-state index contributed by atoms with van der Waals surface area (Å²) in [5, 5.41) is 3.05. The van der Waals surface area contributed by atoms with Crippen molar-refractivity contribution in [2.45, 2.75) is 103 Å². The summed E-state index contributed by atoms with van der Waals surface area (Å²) in [6, 6.07) is 11.3. The molecule has 5 heterocycles. The normalized spacial score (nSPS) is 19.0. The number of oxazole rings is 1. The van der Waals surface area contributed by atoms with Crippen LogP contribution in [-0.2, 0) is 31.9 Å². The number of ether oxygens (including phenoxy) is 2. The number of aryl methyl sites for hydroxylation is 1. The molecule has 1 atom stereocenters. The molecule has 15 nitrogen and oxygen atoms in total. The zero-order valence-electron chi connectivity index (χ0n) is 36.2. The number of hydrogen-bond acceptors (Lipinski definition) is 10. The third-order valence-corrected chi connectivity index (χ3v) is 13.1. The van der Waals surface area contributed by atoms with Crippen LogP contribution < -0.4 is 11.1 Å². The highest BCUT2D eigenvalue weighted by Crippen LogP contribution is 2.26. The molecular weight excluding hydrogens is 779 g/mol. The van der Waals surface area contributed by atoms with E-state index in [2.05, 4.69) is 27.0 Å². The second-order valence-electron chi connectivity index (χ2n) is 17.6. The molecule has 0 unspecified atom stereocenters. The number of rotatable bonds is 16. The number of benzene rings is 2. The number of nitrogens with zero attached hydrogens (tertiary/aromatic N) is 5. The molecule has 61 heavy (non-hydrogen) atoms. The molecule has 3 aromatic rings. The van der Waals surface area contributed by atoms with E-state index >= 15 is 0 Å². The highest BCUT2D eigenvalue weighted by Gasteiger charge is 2.35. The van der Waals surface area contributed by atoms with Gasteiger partial charge in [-0.15, -0.1) is 0 Å². The van der Waals surface area contributed by atoms with Gasteiger partial charge in [0.05, 0.1) is 18.5 Å². The second-order valence-corrected chi connectivity index (χ2v) is 17.6. The van der Waals surface area contributed by atoms with Crippen LogP contribution in [0, 0.1) is 12.8 Å². The predicted molar refractivity (Wildman–Crippen MR) is 233 cm³/mol. The minimum Gasteiger partial charge on any atom is -0.466 e. The predicted octanol–water partition coefficient (Wildman–Crippen LogP) is 5.79. The first-order valence-corrected chi connectivity index (χ1v) is 22.7. The van der Waals surface area contributed by atoms with Crippen LogP contribution in [0.5, 0.6) is 0 Å². The summed E-state index contributed by atoms with van der Waals surface area (Å²) in [4.78, 5) is 78.1. The molecule has 0 bridgehead atoms. The van der Waals surface area contributed by atoms with Crippen LogP contribution in [0.4, 0.5) is 15.3 Å². The monoisotopic (exact) mass is 843 g/mol. The summed E-state index contributed by atoms with van der Waals surface area (Å²) >= 11 is 0. The first-order valence-electron chi connectivity index (χ1n) is 22.7. The van der Waals surface area contributed by atoms with Gasteiger partial charge in [-0.3, -0.25) is 19.5 Å². The Balaban J connectivity index is 0.848. The van der Waals surface area contributed by atoms with Gasteiger partial charge in [0.1, 0.15) is 0 Å². The molecule has 2 aromatic carbocycles. The number of nitrogens with one attached hydrogen (secondary N) is 2. The lowest BCUT2D eigenvalue weighted by Gasteiger charge is -2.38. The van der Waals surface area contributed by atoms with Crippen molar-refractivity contribution in [3.05, 3.63) is 63.6 Å². The number of piperidine rings is 2. The maximum Gasteiger partial charge on any atom is 0.417 e. The molecule has 15 heteroatoms. The number of H-pyrrole nitrogens is 1. The van der Waals surface area contributed by atoms with E-state index < -0.39 is 18.0 Å². The fourth-order valence-electron chi connectivity index (χ4n) is 9.26. The maximum absolute atomic E-state index is 14.2. The Morgan fingerprint density at radius 3 is 2.33 bits per heavy atom. The van der Waals surface area contributed by atoms with Gasteiger partial charge in [0.2, 0.25) is 0 Å². The molecule has 3 saturated heterocycles. The number of fused-ring (bicyclic) bond motifs is 2. The number of para-hydroxylation sites is 1. The molecule has 4 amide bonds. The van der Waals surface area contributed by atoms with Gasteiger partial charge in [-0.05, 0) is 106 Å². The van der Waals surface area contributed by atoms with Crippen molar-refractivity contribution in [3.8, 4) is 0 Å². The summed E-state index contributed by atoms with van der Waals surface area (Å²) in [6.07, 6.45) is 8.57. The fourth-order valence-corrected chi connectivity index (χ4v) is 9.26. The Bertz CT molecular complexity index is 2010. The smallest absolute Gasteiger partial charge is 0.417 e. The molecule has 4 aliphatic heterocycles. The van der Waals surface area contributed by atoms with Gasteiger partial charge in [0, 0.05) is 70.5 Å². The fraction of sp³-hybridized carbons (Fsp3) is 0.630. The first kappa shape index (κ1) is 44.2. The molecule has 0 radical (unpaired) electrons. The van der Waals surface area contributed by atoms with E-state index in [0.29, 0.717) is 69.7 Å². The summed E-state index contributed by atoms with van der Waals surface area (Å²) in [7, 11) is 0. The van der Waals surface area contributed by atoms with Crippen molar-refractivity contribution in [1.29, 1.82) is 0 Å². The lowest BCUT2D eigenvalue weighted by molar-refractivity contribution is -0.144. The molecule has 2 N–H and O–H groups in total. The van der Waals surface area contributed by atoms with Crippen molar-refractivity contribution < 1.29 is 33.1 Å².